The van der Waals surface area contributed by atoms with Crippen molar-refractivity contribution < 1.29 is 19.9 Å². The highest BCUT2D eigenvalue weighted by Crippen LogP contribution is 2.08. The third-order valence-corrected chi connectivity index (χ3v) is 4.74. The number of anilines is 1. The summed E-state index contributed by atoms with van der Waals surface area (Å²) in [7, 11) is 0. The Morgan fingerprint density at radius 3 is 2.24 bits per heavy atom. The van der Waals surface area contributed by atoms with Gasteiger partial charge in [0.25, 0.3) is 11.8 Å². The van der Waals surface area contributed by atoms with Crippen LogP contribution >= 0.6 is 0 Å². The zero-order valence-electron chi connectivity index (χ0n) is 17.9. The first-order valence-electron chi connectivity index (χ1n) is 10.2. The van der Waals surface area contributed by atoms with Gasteiger partial charge in [0.1, 0.15) is 11.9 Å². The molecule has 0 aliphatic heterocycles. The number of aromatic nitrogens is 1. The van der Waals surface area contributed by atoms with Crippen molar-refractivity contribution in [2.45, 2.75) is 25.6 Å². The quantitative estimate of drug-likeness (QED) is 0.216. The Morgan fingerprint density at radius 1 is 0.970 bits per heavy atom. The molecule has 1 heterocycles. The highest BCUT2D eigenvalue weighted by molar-refractivity contribution is 5.97. The highest BCUT2D eigenvalue weighted by Gasteiger charge is 2.25. The lowest BCUT2D eigenvalue weighted by molar-refractivity contribution is -0.133. The lowest BCUT2D eigenvalue weighted by Crippen LogP contribution is -2.51. The number of rotatable bonds is 7. The molecule has 2 amide bonds. The van der Waals surface area contributed by atoms with E-state index in [0.29, 0.717) is 12.1 Å². The molecule has 0 saturated carbocycles. The van der Waals surface area contributed by atoms with Crippen molar-refractivity contribution in [3.63, 3.8) is 0 Å². The number of carbonyl (C=O) groups excluding carboxylic acids is 2. The normalized spacial score (nSPS) is 12.0. The van der Waals surface area contributed by atoms with E-state index in [4.69, 9.17) is 5.21 Å². The molecule has 3 aromatic rings. The van der Waals surface area contributed by atoms with Crippen LogP contribution in [-0.4, -0.2) is 39.3 Å². The first kappa shape index (κ1) is 23.5. The summed E-state index contributed by atoms with van der Waals surface area (Å²) in [6, 6.07) is 19.0. The van der Waals surface area contributed by atoms with Gasteiger partial charge in [0, 0.05) is 29.4 Å². The molecule has 8 heteroatoms. The maximum Gasteiger partial charge on any atom is 0.268 e. The molecule has 0 saturated heterocycles. The fourth-order valence-corrected chi connectivity index (χ4v) is 2.91. The molecular weight excluding hydrogens is 420 g/mol. The van der Waals surface area contributed by atoms with E-state index in [1.807, 2.05) is 42.5 Å². The van der Waals surface area contributed by atoms with Gasteiger partial charge in [-0.15, -0.1) is 0 Å². The minimum Gasteiger partial charge on any atom is -0.391 e. The average molecular weight is 444 g/mol. The molecule has 0 radical (unpaired) electrons. The molecule has 3 rings (SSSR count). The summed E-state index contributed by atoms with van der Waals surface area (Å²) in [5.41, 5.74) is 4.31. The molecule has 5 N–H and O–H groups in total. The highest BCUT2D eigenvalue weighted by atomic mass is 16.5. The summed E-state index contributed by atoms with van der Waals surface area (Å²) in [5, 5.41) is 24.0. The van der Waals surface area contributed by atoms with Gasteiger partial charge in [-0.25, -0.2) is 10.5 Å². The smallest absolute Gasteiger partial charge is 0.268 e. The Labute approximate surface area is 191 Å². The predicted molar refractivity (Wildman–Crippen MR) is 123 cm³/mol. The zero-order valence-corrected chi connectivity index (χ0v) is 17.9. The van der Waals surface area contributed by atoms with Crippen LogP contribution in [0.15, 0.2) is 72.9 Å². The molecule has 0 aliphatic carbocycles. The summed E-state index contributed by atoms with van der Waals surface area (Å²) in [5.74, 6) is 5.32. The lowest BCUT2D eigenvalue weighted by Gasteiger charge is -2.19. The number of nitrogens with zero attached hydrogens (tertiary/aromatic N) is 1. The van der Waals surface area contributed by atoms with Crippen LogP contribution < -0.4 is 16.1 Å². The number of hydrogen-bond acceptors (Lipinski definition) is 6. The van der Waals surface area contributed by atoms with E-state index < -0.39 is 24.0 Å². The van der Waals surface area contributed by atoms with Gasteiger partial charge in [-0.1, -0.05) is 42.2 Å². The van der Waals surface area contributed by atoms with Crippen LogP contribution in [0.3, 0.4) is 0 Å². The van der Waals surface area contributed by atoms with Gasteiger partial charge in [-0.3, -0.25) is 14.8 Å². The number of benzene rings is 2. The number of aliphatic hydroxyl groups is 1. The standard InChI is InChI=1S/C25H24N4O4/c1-17(30)23(25(32)29-33)28-24(31)21-12-9-18(10-13-21)7-8-20-11-14-22(27-16-20)26-15-19-5-3-2-4-6-19/h2-6,9-14,16-17,23,30,33H,15H2,1H3,(H,26,27)(H,28,31)(H,29,32)/t17-,23+/m1/s1. The third kappa shape index (κ3) is 6.90. The molecule has 0 fully saturated rings. The minimum absolute atomic E-state index is 0.285. The lowest BCUT2D eigenvalue weighted by atomic mass is 10.1. The Bertz CT molecular complexity index is 1140. The first-order valence-corrected chi connectivity index (χ1v) is 10.2. The molecule has 2 aromatic carbocycles. The average Bonchev–Trinajstić information content (AvgIpc) is 2.85. The Hall–Kier alpha value is -4.19. The van der Waals surface area contributed by atoms with Crippen molar-refractivity contribution >= 4 is 17.6 Å². The number of hydrogen-bond donors (Lipinski definition) is 5. The van der Waals surface area contributed by atoms with Crippen LogP contribution in [0.1, 0.15) is 34.0 Å². The van der Waals surface area contributed by atoms with E-state index in [1.165, 1.54) is 18.0 Å². The molecule has 0 aliphatic rings. The van der Waals surface area contributed by atoms with Crippen LogP contribution in [0.2, 0.25) is 0 Å². The van der Waals surface area contributed by atoms with Crippen molar-refractivity contribution in [1.29, 1.82) is 0 Å². The summed E-state index contributed by atoms with van der Waals surface area (Å²) in [6.45, 7) is 2.01. The minimum atomic E-state index is -1.28. The van der Waals surface area contributed by atoms with E-state index in [-0.39, 0.29) is 5.56 Å². The third-order valence-electron chi connectivity index (χ3n) is 4.74. The van der Waals surface area contributed by atoms with Crippen LogP contribution in [0.5, 0.6) is 0 Å². The maximum absolute atomic E-state index is 12.3. The van der Waals surface area contributed by atoms with Crippen LogP contribution in [0, 0.1) is 11.8 Å². The van der Waals surface area contributed by atoms with Crippen LogP contribution in [0.4, 0.5) is 5.82 Å². The molecular formula is C25H24N4O4. The monoisotopic (exact) mass is 444 g/mol. The molecule has 0 unspecified atom stereocenters. The number of pyridine rings is 1. The summed E-state index contributed by atoms with van der Waals surface area (Å²) >= 11 is 0. The maximum atomic E-state index is 12.3. The molecule has 0 spiro atoms. The second-order valence-electron chi connectivity index (χ2n) is 7.27. The summed E-state index contributed by atoms with van der Waals surface area (Å²) < 4.78 is 0. The Kier molecular flexibility index (Phi) is 8.13. The van der Waals surface area contributed by atoms with Gasteiger partial charge < -0.3 is 15.7 Å². The van der Waals surface area contributed by atoms with Gasteiger partial charge >= 0.3 is 0 Å². The van der Waals surface area contributed by atoms with Crippen molar-refractivity contribution in [3.05, 3.63) is 95.2 Å². The molecule has 0 bridgehead atoms. The van der Waals surface area contributed by atoms with E-state index in [9.17, 15) is 14.7 Å². The predicted octanol–water partition coefficient (Wildman–Crippen LogP) is 2.08. The van der Waals surface area contributed by atoms with Gasteiger partial charge in [0.15, 0.2) is 0 Å². The number of hydroxylamine groups is 1. The van der Waals surface area contributed by atoms with E-state index in [0.717, 1.165) is 11.4 Å². The second kappa shape index (κ2) is 11.4. The zero-order chi connectivity index (χ0) is 23.6. The number of carbonyl (C=O) groups is 2. The van der Waals surface area contributed by atoms with E-state index >= 15 is 0 Å². The molecule has 168 valence electrons. The SMILES string of the molecule is C[C@@H](O)[C@H](NC(=O)c1ccc(C#Cc2ccc(NCc3ccccc3)nc2)cc1)C(=O)NO. The summed E-state index contributed by atoms with van der Waals surface area (Å²) in [4.78, 5) is 28.2. The van der Waals surface area contributed by atoms with E-state index in [2.05, 4.69) is 27.5 Å². The van der Waals surface area contributed by atoms with Gasteiger partial charge in [0.05, 0.1) is 6.10 Å². The van der Waals surface area contributed by atoms with Crippen molar-refractivity contribution in [2.75, 3.05) is 5.32 Å². The topological polar surface area (TPSA) is 124 Å². The number of amides is 2. The number of nitrogens with one attached hydrogen (secondary N) is 3. The van der Waals surface area contributed by atoms with E-state index in [1.54, 1.807) is 30.5 Å². The Morgan fingerprint density at radius 2 is 1.64 bits per heavy atom. The first-order chi connectivity index (χ1) is 16.0. The molecule has 1 aromatic heterocycles. The molecule has 8 nitrogen and oxygen atoms in total. The fraction of sp³-hybridized carbons (Fsp3) is 0.160. The largest absolute Gasteiger partial charge is 0.391 e. The molecule has 2 atom stereocenters. The number of aliphatic hydroxyl groups excluding tert-OH is 1. The van der Waals surface area contributed by atoms with Crippen molar-refractivity contribution in [3.8, 4) is 11.8 Å². The fourth-order valence-electron chi connectivity index (χ4n) is 2.91. The van der Waals surface area contributed by atoms with Gasteiger partial charge in [0.2, 0.25) is 0 Å². The molecule has 33 heavy (non-hydrogen) atoms. The Balaban J connectivity index is 1.58. The van der Waals surface area contributed by atoms with Gasteiger partial charge in [-0.2, -0.15) is 0 Å². The van der Waals surface area contributed by atoms with Crippen molar-refractivity contribution in [1.82, 2.24) is 15.8 Å². The summed E-state index contributed by atoms with van der Waals surface area (Å²) in [6.07, 6.45) is 0.504. The second-order valence-corrected chi connectivity index (χ2v) is 7.27. The van der Waals surface area contributed by atoms with Crippen LogP contribution in [0.25, 0.3) is 0 Å². The van der Waals surface area contributed by atoms with Crippen molar-refractivity contribution in [2.24, 2.45) is 0 Å². The van der Waals surface area contributed by atoms with Gasteiger partial charge in [-0.05, 0) is 48.9 Å². The van der Waals surface area contributed by atoms with Crippen LogP contribution in [-0.2, 0) is 11.3 Å².